The minimum absolute atomic E-state index is 0.162. The molecule has 3 aromatic rings. The molecular formula is C31H42N4O. The molecule has 0 bridgehead atoms. The normalized spacial score (nSPS) is 18.0. The molecule has 1 aromatic heterocycles. The first-order chi connectivity index (χ1) is 17.7. The van der Waals surface area contributed by atoms with Gasteiger partial charge in [-0.2, -0.15) is 0 Å². The smallest absolute Gasteiger partial charge is 0.223 e. The van der Waals surface area contributed by atoms with E-state index in [1.54, 1.807) is 0 Å². The van der Waals surface area contributed by atoms with E-state index in [0.717, 1.165) is 58.5 Å². The molecule has 2 aliphatic rings. The molecule has 2 aromatic carbocycles. The van der Waals surface area contributed by atoms with Crippen LogP contribution in [-0.4, -0.2) is 59.5 Å². The molecule has 2 saturated heterocycles. The summed E-state index contributed by atoms with van der Waals surface area (Å²) in [5.74, 6) is 0.427. The summed E-state index contributed by atoms with van der Waals surface area (Å²) < 4.78 is 2.47. The highest BCUT2D eigenvalue weighted by molar-refractivity contribution is 5.81. The molecular weight excluding hydrogens is 444 g/mol. The van der Waals surface area contributed by atoms with Crippen molar-refractivity contribution in [1.29, 1.82) is 0 Å². The molecule has 0 atom stereocenters. The molecule has 0 unspecified atom stereocenters. The summed E-state index contributed by atoms with van der Waals surface area (Å²) in [6.07, 6.45) is 7.01. The first-order valence-corrected chi connectivity index (χ1v) is 14.0. The maximum absolute atomic E-state index is 12.8. The Kier molecular flexibility index (Phi) is 8.40. The van der Waals surface area contributed by atoms with Crippen molar-refractivity contribution in [3.8, 4) is 0 Å². The second-order valence-corrected chi connectivity index (χ2v) is 10.9. The number of nitrogens with zero attached hydrogens (tertiary/aromatic N) is 3. The van der Waals surface area contributed by atoms with Crippen molar-refractivity contribution < 1.29 is 4.79 Å². The Morgan fingerprint density at radius 1 is 0.889 bits per heavy atom. The highest BCUT2D eigenvalue weighted by atomic mass is 16.1. The van der Waals surface area contributed by atoms with Gasteiger partial charge < -0.3 is 14.8 Å². The number of nitrogens with one attached hydrogen (secondary N) is 1. The Hall–Kier alpha value is -2.63. The maximum Gasteiger partial charge on any atom is 0.223 e. The summed E-state index contributed by atoms with van der Waals surface area (Å²) in [4.78, 5) is 17.8. The number of benzene rings is 2. The Labute approximate surface area is 216 Å². The molecule has 192 valence electrons. The van der Waals surface area contributed by atoms with Crippen LogP contribution in [0.25, 0.3) is 10.9 Å². The van der Waals surface area contributed by atoms with E-state index in [-0.39, 0.29) is 11.8 Å². The van der Waals surface area contributed by atoms with E-state index >= 15 is 0 Å². The first kappa shape index (κ1) is 25.0. The van der Waals surface area contributed by atoms with Crippen molar-refractivity contribution in [2.24, 2.45) is 5.92 Å². The van der Waals surface area contributed by atoms with Crippen LogP contribution in [0.15, 0.2) is 54.6 Å². The third kappa shape index (κ3) is 6.37. The van der Waals surface area contributed by atoms with E-state index < -0.39 is 0 Å². The number of hydrogen-bond acceptors (Lipinski definition) is 3. The molecule has 2 aliphatic heterocycles. The van der Waals surface area contributed by atoms with Crippen LogP contribution in [0.5, 0.6) is 0 Å². The summed E-state index contributed by atoms with van der Waals surface area (Å²) in [6, 6.07) is 19.9. The number of fused-ring (bicyclic) bond motifs is 1. The zero-order valence-electron chi connectivity index (χ0n) is 21.9. The SMILES string of the molecule is Cc1ccc(Cn2c(CN3CCC(C(=O)NCCCN4CCCCC4)CC3)cc3ccccc32)cc1. The molecule has 0 spiro atoms. The second-order valence-electron chi connectivity index (χ2n) is 10.9. The van der Waals surface area contributed by atoms with Gasteiger partial charge in [0.1, 0.15) is 0 Å². The van der Waals surface area contributed by atoms with Crippen molar-refractivity contribution in [3.05, 3.63) is 71.4 Å². The number of para-hydroxylation sites is 1. The fraction of sp³-hybridized carbons (Fsp3) is 0.516. The number of aryl methyl sites for hydroxylation is 1. The van der Waals surface area contributed by atoms with Crippen LogP contribution < -0.4 is 5.32 Å². The van der Waals surface area contributed by atoms with Gasteiger partial charge in [-0.05, 0) is 94.8 Å². The Bertz CT molecular complexity index is 1120. The van der Waals surface area contributed by atoms with E-state index in [1.165, 1.54) is 60.1 Å². The predicted octanol–water partition coefficient (Wildman–Crippen LogP) is 5.20. The predicted molar refractivity (Wildman–Crippen MR) is 148 cm³/mol. The van der Waals surface area contributed by atoms with Gasteiger partial charge in [-0.15, -0.1) is 0 Å². The van der Waals surface area contributed by atoms with Gasteiger partial charge in [-0.25, -0.2) is 0 Å². The Balaban J connectivity index is 1.13. The third-order valence-electron chi connectivity index (χ3n) is 8.10. The maximum atomic E-state index is 12.8. The van der Waals surface area contributed by atoms with Gasteiger partial charge in [0.15, 0.2) is 0 Å². The molecule has 5 heteroatoms. The minimum Gasteiger partial charge on any atom is -0.356 e. The summed E-state index contributed by atoms with van der Waals surface area (Å²) in [6.45, 7) is 10.3. The number of carbonyl (C=O) groups is 1. The molecule has 5 nitrogen and oxygen atoms in total. The van der Waals surface area contributed by atoms with Crippen LogP contribution in [0.3, 0.4) is 0 Å². The number of hydrogen-bond donors (Lipinski definition) is 1. The van der Waals surface area contributed by atoms with Crippen LogP contribution >= 0.6 is 0 Å². The standard InChI is InChI=1S/C31H42N4O/c1-25-10-12-26(13-11-25)23-35-29(22-28-8-3-4-9-30(28)35)24-34-20-14-27(15-21-34)31(36)32-16-7-19-33-17-5-2-6-18-33/h3-4,8-13,22,27H,2,5-7,14-21,23-24H2,1H3,(H,32,36). The molecule has 5 rings (SSSR count). The lowest BCUT2D eigenvalue weighted by molar-refractivity contribution is -0.126. The van der Waals surface area contributed by atoms with Crippen LogP contribution in [0.4, 0.5) is 0 Å². The third-order valence-corrected chi connectivity index (χ3v) is 8.10. The van der Waals surface area contributed by atoms with E-state index in [0.29, 0.717) is 0 Å². The Morgan fingerprint density at radius 2 is 1.64 bits per heavy atom. The zero-order chi connectivity index (χ0) is 24.7. The summed E-state index contributed by atoms with van der Waals surface area (Å²) in [5, 5.41) is 4.53. The second kappa shape index (κ2) is 12.1. The number of aromatic nitrogens is 1. The van der Waals surface area contributed by atoms with Gasteiger partial charge in [-0.1, -0.05) is 54.4 Å². The van der Waals surface area contributed by atoms with Crippen molar-refractivity contribution >= 4 is 16.8 Å². The zero-order valence-corrected chi connectivity index (χ0v) is 21.9. The molecule has 1 amide bonds. The first-order valence-electron chi connectivity index (χ1n) is 14.0. The lowest BCUT2D eigenvalue weighted by Crippen LogP contribution is -2.41. The van der Waals surface area contributed by atoms with Gasteiger partial charge in [0.05, 0.1) is 0 Å². The van der Waals surface area contributed by atoms with Gasteiger partial charge in [0.25, 0.3) is 0 Å². The van der Waals surface area contributed by atoms with Crippen molar-refractivity contribution in [2.45, 2.75) is 58.5 Å². The number of amides is 1. The Morgan fingerprint density at radius 3 is 2.42 bits per heavy atom. The van der Waals surface area contributed by atoms with Crippen LogP contribution in [0, 0.1) is 12.8 Å². The topological polar surface area (TPSA) is 40.5 Å². The molecule has 0 saturated carbocycles. The van der Waals surface area contributed by atoms with Crippen molar-refractivity contribution in [1.82, 2.24) is 19.7 Å². The van der Waals surface area contributed by atoms with Gasteiger partial charge >= 0.3 is 0 Å². The molecule has 0 aliphatic carbocycles. The average Bonchev–Trinajstić information content (AvgIpc) is 3.25. The van der Waals surface area contributed by atoms with Crippen LogP contribution in [0.1, 0.15) is 55.3 Å². The van der Waals surface area contributed by atoms with Gasteiger partial charge in [0, 0.05) is 36.8 Å². The minimum atomic E-state index is 0.162. The lowest BCUT2D eigenvalue weighted by Gasteiger charge is -2.31. The van der Waals surface area contributed by atoms with Gasteiger partial charge in [0.2, 0.25) is 5.91 Å². The molecule has 0 radical (unpaired) electrons. The molecule has 3 heterocycles. The fourth-order valence-electron chi connectivity index (χ4n) is 5.89. The van der Waals surface area contributed by atoms with E-state index in [1.807, 2.05) is 0 Å². The number of rotatable bonds is 9. The number of carbonyl (C=O) groups excluding carboxylic acids is 1. The number of likely N-dealkylation sites (tertiary alicyclic amines) is 2. The fourth-order valence-corrected chi connectivity index (χ4v) is 5.89. The highest BCUT2D eigenvalue weighted by Gasteiger charge is 2.25. The molecule has 2 fully saturated rings. The summed E-state index contributed by atoms with van der Waals surface area (Å²) in [5.41, 5.74) is 5.29. The molecule has 36 heavy (non-hydrogen) atoms. The van der Waals surface area contributed by atoms with E-state index in [4.69, 9.17) is 0 Å². The number of piperidine rings is 2. The van der Waals surface area contributed by atoms with Crippen molar-refractivity contribution in [2.75, 3.05) is 39.3 Å². The largest absolute Gasteiger partial charge is 0.356 e. The average molecular weight is 487 g/mol. The summed E-state index contributed by atoms with van der Waals surface area (Å²) in [7, 11) is 0. The summed E-state index contributed by atoms with van der Waals surface area (Å²) >= 11 is 0. The van der Waals surface area contributed by atoms with Crippen LogP contribution in [-0.2, 0) is 17.9 Å². The van der Waals surface area contributed by atoms with Gasteiger partial charge in [-0.3, -0.25) is 9.69 Å². The monoisotopic (exact) mass is 486 g/mol. The van der Waals surface area contributed by atoms with Crippen molar-refractivity contribution in [3.63, 3.8) is 0 Å². The van der Waals surface area contributed by atoms with Crippen LogP contribution in [0.2, 0.25) is 0 Å². The lowest BCUT2D eigenvalue weighted by atomic mass is 9.95. The molecule has 1 N–H and O–H groups in total. The quantitative estimate of drug-likeness (QED) is 0.423. The van der Waals surface area contributed by atoms with E-state index in [2.05, 4.69) is 81.2 Å². The highest BCUT2D eigenvalue weighted by Crippen LogP contribution is 2.25. The van der Waals surface area contributed by atoms with E-state index in [9.17, 15) is 4.79 Å².